The van der Waals surface area contributed by atoms with Crippen LogP contribution in [0.15, 0.2) is 0 Å². The van der Waals surface area contributed by atoms with Crippen molar-refractivity contribution in [3.05, 3.63) is 0 Å². The number of rotatable bonds is 5. The first-order chi connectivity index (χ1) is 6.88. The second-order valence-electron chi connectivity index (χ2n) is 4.25. The van der Waals surface area contributed by atoms with Gasteiger partial charge in [0.2, 0.25) is 0 Å². The highest BCUT2D eigenvalue weighted by atomic mass is 16.5. The van der Waals surface area contributed by atoms with Crippen molar-refractivity contribution in [2.24, 2.45) is 11.8 Å². The summed E-state index contributed by atoms with van der Waals surface area (Å²) in [6.07, 6.45) is 4.73. The van der Waals surface area contributed by atoms with E-state index in [1.807, 2.05) is 13.8 Å². The summed E-state index contributed by atoms with van der Waals surface area (Å²) in [6, 6.07) is 0. The molecule has 0 spiro atoms. The second-order valence-corrected chi connectivity index (χ2v) is 4.25. The summed E-state index contributed by atoms with van der Waals surface area (Å²) in [5.74, 6) is 2.12. The minimum absolute atomic E-state index is 0.235. The van der Waals surface area contributed by atoms with Crippen LogP contribution in [0, 0.1) is 24.2 Å². The summed E-state index contributed by atoms with van der Waals surface area (Å²) in [5.41, 5.74) is 0. The predicted molar refractivity (Wildman–Crippen MR) is 59.0 cm³/mol. The number of ether oxygens (including phenoxy) is 1. The highest BCUT2D eigenvalue weighted by Crippen LogP contribution is 2.18. The van der Waals surface area contributed by atoms with Crippen molar-refractivity contribution in [3.8, 4) is 12.3 Å². The third-order valence-electron chi connectivity index (χ3n) is 2.25. The molecule has 0 heterocycles. The van der Waals surface area contributed by atoms with Crippen LogP contribution in [-0.4, -0.2) is 23.3 Å². The molecule has 3 atom stereocenters. The van der Waals surface area contributed by atoms with E-state index in [0.717, 1.165) is 0 Å². The summed E-state index contributed by atoms with van der Waals surface area (Å²) in [7, 11) is 0. The lowest BCUT2D eigenvalue weighted by Gasteiger charge is -2.24. The zero-order valence-corrected chi connectivity index (χ0v) is 9.86. The third kappa shape index (κ3) is 5.44. The molecular formula is C12H20O3. The fraction of sp³-hybridized carbons (Fsp3) is 0.750. The summed E-state index contributed by atoms with van der Waals surface area (Å²) in [4.78, 5) is 10.8. The van der Waals surface area contributed by atoms with Gasteiger partial charge in [-0.05, 0) is 12.3 Å². The Bertz CT molecular complexity index is 240. The maximum absolute atomic E-state index is 10.8. The van der Waals surface area contributed by atoms with E-state index >= 15 is 0 Å². The Morgan fingerprint density at radius 2 is 2.00 bits per heavy atom. The molecule has 0 aromatic heterocycles. The Balaban J connectivity index is 4.31. The molecular weight excluding hydrogens is 192 g/mol. The van der Waals surface area contributed by atoms with Crippen LogP contribution in [0.25, 0.3) is 0 Å². The topological polar surface area (TPSA) is 46.5 Å². The van der Waals surface area contributed by atoms with Gasteiger partial charge in [0, 0.05) is 12.8 Å². The molecule has 0 rings (SSSR count). The molecule has 3 heteroatoms. The monoisotopic (exact) mass is 212 g/mol. The number of terminal acetylenes is 1. The van der Waals surface area contributed by atoms with Crippen molar-refractivity contribution in [1.82, 2.24) is 0 Å². The third-order valence-corrected chi connectivity index (χ3v) is 2.25. The molecule has 0 aromatic rings. The molecule has 0 bridgehead atoms. The van der Waals surface area contributed by atoms with Crippen molar-refractivity contribution >= 4 is 5.97 Å². The molecule has 86 valence electrons. The first-order valence-electron chi connectivity index (χ1n) is 5.19. The van der Waals surface area contributed by atoms with Gasteiger partial charge in [-0.1, -0.05) is 26.7 Å². The average Bonchev–Trinajstić information content (AvgIpc) is 2.11. The van der Waals surface area contributed by atoms with E-state index in [-0.39, 0.29) is 5.92 Å². The molecule has 15 heavy (non-hydrogen) atoms. The molecule has 0 aliphatic rings. The minimum atomic E-state index is -0.642. The first kappa shape index (κ1) is 14.0. The molecule has 0 amide bonds. The molecule has 0 radical (unpaired) electrons. The number of esters is 1. The number of aliphatic hydroxyl groups excluding tert-OH is 1. The largest absolute Gasteiger partial charge is 0.449 e. The molecule has 3 nitrogen and oxygen atoms in total. The normalized spacial score (nSPS) is 16.6. The van der Waals surface area contributed by atoms with E-state index in [1.165, 1.54) is 6.92 Å². The van der Waals surface area contributed by atoms with Crippen LogP contribution in [0.5, 0.6) is 0 Å². The summed E-state index contributed by atoms with van der Waals surface area (Å²) in [5, 5.41) is 9.82. The quantitative estimate of drug-likeness (QED) is 0.556. The highest BCUT2D eigenvalue weighted by Gasteiger charge is 2.25. The second kappa shape index (κ2) is 6.47. The van der Waals surface area contributed by atoms with Crippen molar-refractivity contribution in [2.45, 2.75) is 46.3 Å². The summed E-state index contributed by atoms with van der Waals surface area (Å²) in [6.45, 7) is 7.14. The average molecular weight is 212 g/mol. The minimum Gasteiger partial charge on any atom is -0.449 e. The van der Waals surface area contributed by atoms with Crippen LogP contribution in [-0.2, 0) is 9.53 Å². The Hall–Kier alpha value is -1.01. The Kier molecular flexibility index (Phi) is 6.03. The lowest BCUT2D eigenvalue weighted by Crippen LogP contribution is -2.32. The van der Waals surface area contributed by atoms with E-state index < -0.39 is 18.2 Å². The van der Waals surface area contributed by atoms with Gasteiger partial charge in [-0.15, -0.1) is 6.42 Å². The van der Waals surface area contributed by atoms with Crippen molar-refractivity contribution in [2.75, 3.05) is 0 Å². The maximum atomic E-state index is 10.8. The van der Waals surface area contributed by atoms with E-state index in [1.54, 1.807) is 6.92 Å². The Morgan fingerprint density at radius 1 is 1.47 bits per heavy atom. The number of hydrogen-bond acceptors (Lipinski definition) is 3. The Morgan fingerprint density at radius 3 is 2.33 bits per heavy atom. The molecule has 0 aliphatic heterocycles. The zero-order chi connectivity index (χ0) is 12.0. The van der Waals surface area contributed by atoms with Crippen molar-refractivity contribution < 1.29 is 14.6 Å². The van der Waals surface area contributed by atoms with Crippen LogP contribution in [0.1, 0.15) is 34.1 Å². The maximum Gasteiger partial charge on any atom is 0.303 e. The van der Waals surface area contributed by atoms with Gasteiger partial charge < -0.3 is 9.84 Å². The van der Waals surface area contributed by atoms with Crippen molar-refractivity contribution in [3.63, 3.8) is 0 Å². The van der Waals surface area contributed by atoms with Gasteiger partial charge in [-0.3, -0.25) is 4.79 Å². The van der Waals surface area contributed by atoms with Crippen LogP contribution >= 0.6 is 0 Å². The summed E-state index contributed by atoms with van der Waals surface area (Å²) >= 11 is 0. The molecule has 0 unspecified atom stereocenters. The van der Waals surface area contributed by atoms with E-state index in [2.05, 4.69) is 5.92 Å². The molecule has 0 aliphatic carbocycles. The van der Waals surface area contributed by atoms with Crippen LogP contribution < -0.4 is 0 Å². The summed E-state index contributed by atoms with van der Waals surface area (Å²) < 4.78 is 4.93. The SMILES string of the molecule is C#C[C@H](OC(C)=O)[C@H](C)[C@H](O)CC(C)C. The number of carbonyl (C=O) groups is 1. The van der Waals surface area contributed by atoms with Gasteiger partial charge in [0.25, 0.3) is 0 Å². The fourth-order valence-electron chi connectivity index (χ4n) is 1.37. The Labute approximate surface area is 91.8 Å². The van der Waals surface area contributed by atoms with Crippen LogP contribution in [0.2, 0.25) is 0 Å². The standard InChI is InChI=1S/C12H20O3/c1-6-12(15-10(5)13)9(4)11(14)7-8(2)3/h1,8-9,11-12,14H,7H2,2-5H3/t9-,11-,12+/m1/s1. The number of hydrogen-bond donors (Lipinski definition) is 1. The molecule has 0 aromatic carbocycles. The van der Waals surface area contributed by atoms with Crippen LogP contribution in [0.4, 0.5) is 0 Å². The first-order valence-corrected chi connectivity index (χ1v) is 5.19. The number of carbonyl (C=O) groups excluding carboxylic acids is 1. The van der Waals surface area contributed by atoms with Crippen molar-refractivity contribution in [1.29, 1.82) is 0 Å². The van der Waals surface area contributed by atoms with Gasteiger partial charge in [0.05, 0.1) is 6.10 Å². The molecule has 0 saturated carbocycles. The fourth-order valence-corrected chi connectivity index (χ4v) is 1.37. The lowest BCUT2D eigenvalue weighted by atomic mass is 9.92. The van der Waals surface area contributed by atoms with Gasteiger partial charge in [-0.25, -0.2) is 0 Å². The number of aliphatic hydroxyl groups is 1. The van der Waals surface area contributed by atoms with E-state index in [9.17, 15) is 9.90 Å². The molecule has 1 N–H and O–H groups in total. The van der Waals surface area contributed by atoms with Gasteiger partial charge in [0.1, 0.15) is 0 Å². The zero-order valence-electron chi connectivity index (χ0n) is 9.86. The smallest absolute Gasteiger partial charge is 0.303 e. The predicted octanol–water partition coefficient (Wildman–Crippen LogP) is 1.59. The highest BCUT2D eigenvalue weighted by molar-refractivity contribution is 5.66. The van der Waals surface area contributed by atoms with Gasteiger partial charge >= 0.3 is 5.97 Å². The molecule has 0 fully saturated rings. The van der Waals surface area contributed by atoms with E-state index in [0.29, 0.717) is 12.3 Å². The van der Waals surface area contributed by atoms with Gasteiger partial charge in [0.15, 0.2) is 6.10 Å². The van der Waals surface area contributed by atoms with E-state index in [4.69, 9.17) is 11.2 Å². The van der Waals surface area contributed by atoms with Crippen LogP contribution in [0.3, 0.4) is 0 Å². The van der Waals surface area contributed by atoms with Gasteiger partial charge in [-0.2, -0.15) is 0 Å². The lowest BCUT2D eigenvalue weighted by molar-refractivity contribution is -0.147. The molecule has 0 saturated heterocycles.